The van der Waals surface area contributed by atoms with E-state index in [1.165, 1.54) is 38.6 Å². The van der Waals surface area contributed by atoms with E-state index < -0.39 is 0 Å². The topological polar surface area (TPSA) is 12.0 Å². The van der Waals surface area contributed by atoms with Crippen molar-refractivity contribution in [2.24, 2.45) is 17.8 Å². The van der Waals surface area contributed by atoms with E-state index in [4.69, 9.17) is 0 Å². The average Bonchev–Trinajstić information content (AvgIpc) is 2.43. The summed E-state index contributed by atoms with van der Waals surface area (Å²) in [4.78, 5) is 0. The summed E-state index contributed by atoms with van der Waals surface area (Å²) >= 11 is 0. The molecule has 13 heavy (non-hydrogen) atoms. The number of nitrogens with one attached hydrogen (secondary N) is 1. The van der Waals surface area contributed by atoms with Crippen LogP contribution in [0.4, 0.5) is 0 Å². The van der Waals surface area contributed by atoms with Crippen LogP contribution in [0.1, 0.15) is 46.0 Å². The van der Waals surface area contributed by atoms with Crippen LogP contribution in [0, 0.1) is 17.8 Å². The Hall–Kier alpha value is -0.0400. The zero-order valence-corrected chi connectivity index (χ0v) is 9.05. The molecule has 2 rings (SSSR count). The lowest BCUT2D eigenvalue weighted by Crippen LogP contribution is -2.41. The maximum Gasteiger partial charge on any atom is 0.00722 e. The van der Waals surface area contributed by atoms with Crippen LogP contribution < -0.4 is 5.32 Å². The van der Waals surface area contributed by atoms with E-state index in [0.717, 1.165) is 23.8 Å². The Bertz CT molecular complexity index is 161. The largest absolute Gasteiger partial charge is 0.314 e. The van der Waals surface area contributed by atoms with Gasteiger partial charge in [0.1, 0.15) is 0 Å². The van der Waals surface area contributed by atoms with Crippen LogP contribution in [0.25, 0.3) is 0 Å². The molecule has 1 N–H and O–H groups in total. The molecule has 76 valence electrons. The molecule has 2 saturated carbocycles. The normalized spacial score (nSPS) is 44.8. The van der Waals surface area contributed by atoms with Crippen molar-refractivity contribution >= 4 is 0 Å². The minimum atomic E-state index is 0.867. The molecule has 1 heteroatoms. The molecule has 0 radical (unpaired) electrons. The van der Waals surface area contributed by atoms with Crippen molar-refractivity contribution < 1.29 is 0 Å². The highest BCUT2D eigenvalue weighted by atomic mass is 14.9. The summed E-state index contributed by atoms with van der Waals surface area (Å²) in [6.45, 7) is 6.04. The molecular weight excluding hydrogens is 158 g/mol. The molecule has 0 bridgehead atoms. The molecule has 0 amide bonds. The van der Waals surface area contributed by atoms with Gasteiger partial charge in [-0.3, -0.25) is 0 Å². The molecule has 2 aliphatic carbocycles. The van der Waals surface area contributed by atoms with E-state index in [2.05, 4.69) is 19.2 Å². The van der Waals surface area contributed by atoms with Crippen LogP contribution in [0.3, 0.4) is 0 Å². The Morgan fingerprint density at radius 2 is 1.77 bits per heavy atom. The summed E-state index contributed by atoms with van der Waals surface area (Å²) in [5.41, 5.74) is 0. The molecule has 0 aromatic rings. The van der Waals surface area contributed by atoms with E-state index in [0.29, 0.717) is 0 Å². The van der Waals surface area contributed by atoms with Crippen molar-refractivity contribution in [1.29, 1.82) is 0 Å². The summed E-state index contributed by atoms with van der Waals surface area (Å²) in [6.07, 6.45) is 7.24. The Balaban J connectivity index is 1.58. The van der Waals surface area contributed by atoms with Gasteiger partial charge in [0.15, 0.2) is 0 Å². The number of rotatable bonds is 3. The quantitative estimate of drug-likeness (QED) is 0.706. The predicted octanol–water partition coefficient (Wildman–Crippen LogP) is 2.81. The monoisotopic (exact) mass is 181 g/mol. The van der Waals surface area contributed by atoms with Crippen LogP contribution in [0.5, 0.6) is 0 Å². The predicted molar refractivity (Wildman–Crippen MR) is 56.7 cm³/mol. The fraction of sp³-hybridized carbons (Fsp3) is 1.00. The molecule has 1 nitrogen and oxygen atoms in total. The van der Waals surface area contributed by atoms with Gasteiger partial charge in [-0.1, -0.05) is 20.3 Å². The summed E-state index contributed by atoms with van der Waals surface area (Å²) in [5, 5.41) is 3.71. The van der Waals surface area contributed by atoms with Crippen molar-refractivity contribution in [2.75, 3.05) is 6.54 Å². The van der Waals surface area contributed by atoms with Crippen molar-refractivity contribution in [2.45, 2.75) is 52.0 Å². The standard InChI is InChI=1S/C12H23N/c1-9-3-4-11(5-9)8-13-12-6-10(2)7-12/h9-13H,3-8H2,1-2H3. The Kier molecular flexibility index (Phi) is 2.92. The molecular formula is C12H23N. The van der Waals surface area contributed by atoms with Gasteiger partial charge in [0.2, 0.25) is 0 Å². The van der Waals surface area contributed by atoms with Gasteiger partial charge in [0.05, 0.1) is 0 Å². The number of hydrogen-bond acceptors (Lipinski definition) is 1. The summed E-state index contributed by atoms with van der Waals surface area (Å²) in [6, 6.07) is 0.867. The molecule has 2 atom stereocenters. The van der Waals surface area contributed by atoms with Gasteiger partial charge in [-0.15, -0.1) is 0 Å². The Morgan fingerprint density at radius 1 is 1.00 bits per heavy atom. The van der Waals surface area contributed by atoms with Crippen LogP contribution >= 0.6 is 0 Å². The minimum Gasteiger partial charge on any atom is -0.314 e. The third-order valence-corrected chi connectivity index (χ3v) is 3.87. The van der Waals surface area contributed by atoms with Gasteiger partial charge in [0, 0.05) is 6.04 Å². The van der Waals surface area contributed by atoms with Crippen molar-refractivity contribution in [1.82, 2.24) is 5.32 Å². The van der Waals surface area contributed by atoms with Crippen molar-refractivity contribution in [3.8, 4) is 0 Å². The lowest BCUT2D eigenvalue weighted by atomic mass is 9.81. The van der Waals surface area contributed by atoms with E-state index in [1.54, 1.807) is 0 Å². The Labute approximate surface area is 82.3 Å². The second-order valence-electron chi connectivity index (χ2n) is 5.47. The second kappa shape index (κ2) is 4.00. The van der Waals surface area contributed by atoms with Gasteiger partial charge in [-0.25, -0.2) is 0 Å². The molecule has 2 fully saturated rings. The van der Waals surface area contributed by atoms with E-state index in [-0.39, 0.29) is 0 Å². The van der Waals surface area contributed by atoms with Gasteiger partial charge < -0.3 is 5.32 Å². The summed E-state index contributed by atoms with van der Waals surface area (Å²) in [5.74, 6) is 2.97. The van der Waals surface area contributed by atoms with Gasteiger partial charge in [-0.05, 0) is 50.0 Å². The molecule has 0 aliphatic heterocycles. The first-order valence-electron chi connectivity index (χ1n) is 5.97. The first kappa shape index (κ1) is 9.51. The fourth-order valence-corrected chi connectivity index (χ4v) is 2.91. The zero-order chi connectivity index (χ0) is 9.26. The first-order valence-corrected chi connectivity index (χ1v) is 5.97. The van der Waals surface area contributed by atoms with Crippen LogP contribution in [0.15, 0.2) is 0 Å². The Morgan fingerprint density at radius 3 is 2.31 bits per heavy atom. The smallest absolute Gasteiger partial charge is 0.00722 e. The van der Waals surface area contributed by atoms with Crippen LogP contribution in [-0.4, -0.2) is 12.6 Å². The molecule has 0 aromatic carbocycles. The minimum absolute atomic E-state index is 0.867. The highest BCUT2D eigenvalue weighted by Crippen LogP contribution is 2.31. The SMILES string of the molecule is CC1CCC(CNC2CC(C)C2)C1. The average molecular weight is 181 g/mol. The summed E-state index contributed by atoms with van der Waals surface area (Å²) < 4.78 is 0. The van der Waals surface area contributed by atoms with E-state index in [9.17, 15) is 0 Å². The third-order valence-electron chi connectivity index (χ3n) is 3.87. The number of hydrogen-bond donors (Lipinski definition) is 1. The van der Waals surface area contributed by atoms with Crippen molar-refractivity contribution in [3.63, 3.8) is 0 Å². The lowest BCUT2D eigenvalue weighted by molar-refractivity contribution is 0.231. The third kappa shape index (κ3) is 2.46. The molecule has 2 aliphatic rings. The lowest BCUT2D eigenvalue weighted by Gasteiger charge is -2.34. The van der Waals surface area contributed by atoms with E-state index in [1.807, 2.05) is 0 Å². The van der Waals surface area contributed by atoms with E-state index >= 15 is 0 Å². The zero-order valence-electron chi connectivity index (χ0n) is 9.05. The molecule has 0 aromatic heterocycles. The molecule has 0 saturated heterocycles. The maximum absolute atomic E-state index is 3.71. The van der Waals surface area contributed by atoms with Crippen LogP contribution in [-0.2, 0) is 0 Å². The van der Waals surface area contributed by atoms with Gasteiger partial charge in [0.25, 0.3) is 0 Å². The van der Waals surface area contributed by atoms with Gasteiger partial charge in [-0.2, -0.15) is 0 Å². The van der Waals surface area contributed by atoms with Crippen molar-refractivity contribution in [3.05, 3.63) is 0 Å². The maximum atomic E-state index is 3.71. The highest BCUT2D eigenvalue weighted by molar-refractivity contribution is 4.84. The fourth-order valence-electron chi connectivity index (χ4n) is 2.91. The molecule has 2 unspecified atom stereocenters. The van der Waals surface area contributed by atoms with Gasteiger partial charge >= 0.3 is 0 Å². The molecule has 0 heterocycles. The second-order valence-corrected chi connectivity index (χ2v) is 5.47. The first-order chi connectivity index (χ1) is 6.24. The molecule has 0 spiro atoms. The summed E-state index contributed by atoms with van der Waals surface area (Å²) in [7, 11) is 0. The highest BCUT2D eigenvalue weighted by Gasteiger charge is 2.27. The van der Waals surface area contributed by atoms with Crippen LogP contribution in [0.2, 0.25) is 0 Å².